The third-order valence-corrected chi connectivity index (χ3v) is 3.92. The number of hydrogen-bond acceptors (Lipinski definition) is 4. The van der Waals surface area contributed by atoms with Crippen LogP contribution in [0.2, 0.25) is 0 Å². The molecule has 1 atom stereocenters. The van der Waals surface area contributed by atoms with Gasteiger partial charge in [-0.2, -0.15) is 0 Å². The fourth-order valence-corrected chi connectivity index (χ4v) is 2.82. The molecule has 0 aromatic heterocycles. The molecule has 1 heterocycles. The van der Waals surface area contributed by atoms with Gasteiger partial charge >= 0.3 is 6.09 Å². The van der Waals surface area contributed by atoms with Gasteiger partial charge in [0.2, 0.25) is 0 Å². The lowest BCUT2D eigenvalue weighted by molar-refractivity contribution is 0.0242. The highest BCUT2D eigenvalue weighted by atomic mass is 16.6. The first-order valence-corrected chi connectivity index (χ1v) is 8.57. The number of nitrogens with one attached hydrogen (secondary N) is 1. The highest BCUT2D eigenvalue weighted by Gasteiger charge is 2.27. The molecule has 0 bridgehead atoms. The van der Waals surface area contributed by atoms with E-state index in [1.807, 2.05) is 20.8 Å². The summed E-state index contributed by atoms with van der Waals surface area (Å²) in [5, 5.41) is 3.46. The van der Waals surface area contributed by atoms with Gasteiger partial charge in [-0.15, -0.1) is 0 Å². The first-order chi connectivity index (χ1) is 11.3. The molecule has 1 amide bonds. The van der Waals surface area contributed by atoms with Gasteiger partial charge in [0.1, 0.15) is 5.60 Å². The molecule has 5 nitrogen and oxygen atoms in total. The van der Waals surface area contributed by atoms with E-state index in [-0.39, 0.29) is 6.09 Å². The van der Waals surface area contributed by atoms with Crippen LogP contribution >= 0.6 is 0 Å². The Labute approximate surface area is 145 Å². The lowest BCUT2D eigenvalue weighted by Gasteiger charge is -2.24. The molecule has 1 aromatic carbocycles. The molecule has 1 unspecified atom stereocenters. The van der Waals surface area contributed by atoms with Crippen molar-refractivity contribution < 1.29 is 14.3 Å². The highest BCUT2D eigenvalue weighted by Crippen LogP contribution is 2.25. The molecule has 1 aliphatic heterocycles. The van der Waals surface area contributed by atoms with Gasteiger partial charge < -0.3 is 14.8 Å². The van der Waals surface area contributed by atoms with Crippen molar-refractivity contribution in [3.8, 4) is 0 Å². The fraction of sp³-hybridized carbons (Fsp3) is 0.632. The van der Waals surface area contributed by atoms with Gasteiger partial charge in [0, 0.05) is 39.9 Å². The molecule has 0 radical (unpaired) electrons. The number of amides is 1. The van der Waals surface area contributed by atoms with E-state index in [1.165, 1.54) is 16.7 Å². The zero-order chi connectivity index (χ0) is 17.7. The van der Waals surface area contributed by atoms with E-state index in [0.29, 0.717) is 19.0 Å². The predicted octanol–water partition coefficient (Wildman–Crippen LogP) is 3.31. The number of carbonyl (C=O) groups excluding carboxylic acids is 1. The Balaban J connectivity index is 1.88. The average molecular weight is 334 g/mol. The van der Waals surface area contributed by atoms with Crippen LogP contribution in [0, 0.1) is 5.92 Å². The summed E-state index contributed by atoms with van der Waals surface area (Å²) in [6.45, 7) is 11.6. The normalized spacial score (nSPS) is 15.3. The SMILES string of the molecule is COCC(C)CNCc1ccc2c(c1)CN(C(=O)OC(C)(C)C)C2. The van der Waals surface area contributed by atoms with Crippen LogP contribution in [0.5, 0.6) is 0 Å². The monoisotopic (exact) mass is 334 g/mol. The molecule has 1 N–H and O–H groups in total. The van der Waals surface area contributed by atoms with Crippen LogP contribution in [0.15, 0.2) is 18.2 Å². The molecule has 0 saturated carbocycles. The highest BCUT2D eigenvalue weighted by molar-refractivity contribution is 5.69. The summed E-state index contributed by atoms with van der Waals surface area (Å²) < 4.78 is 10.6. The zero-order valence-corrected chi connectivity index (χ0v) is 15.5. The quantitative estimate of drug-likeness (QED) is 0.867. The fourth-order valence-electron chi connectivity index (χ4n) is 2.82. The van der Waals surface area contributed by atoms with Crippen molar-refractivity contribution in [1.82, 2.24) is 10.2 Å². The number of hydrogen-bond donors (Lipinski definition) is 1. The average Bonchev–Trinajstić information content (AvgIpc) is 2.89. The van der Waals surface area contributed by atoms with Gasteiger partial charge in [0.25, 0.3) is 0 Å². The number of rotatable bonds is 6. The number of nitrogens with zero attached hydrogens (tertiary/aromatic N) is 1. The Kier molecular flexibility index (Phi) is 6.24. The minimum Gasteiger partial charge on any atom is -0.444 e. The summed E-state index contributed by atoms with van der Waals surface area (Å²) >= 11 is 0. The standard InChI is InChI=1S/C19H30N2O3/c1-14(13-23-5)9-20-10-15-6-7-16-11-21(12-17(16)8-15)18(22)24-19(2,3)4/h6-8,14,20H,9-13H2,1-5H3. The summed E-state index contributed by atoms with van der Waals surface area (Å²) in [6, 6.07) is 6.44. The molecule has 2 rings (SSSR count). The predicted molar refractivity (Wildman–Crippen MR) is 94.7 cm³/mol. The summed E-state index contributed by atoms with van der Waals surface area (Å²) in [7, 11) is 1.73. The van der Waals surface area contributed by atoms with Gasteiger partial charge in [-0.25, -0.2) is 4.79 Å². The van der Waals surface area contributed by atoms with Crippen molar-refractivity contribution in [3.05, 3.63) is 34.9 Å². The number of fused-ring (bicyclic) bond motifs is 1. The summed E-state index contributed by atoms with van der Waals surface area (Å²) in [6.07, 6.45) is -0.244. The van der Waals surface area contributed by atoms with Crippen molar-refractivity contribution in [1.29, 1.82) is 0 Å². The summed E-state index contributed by atoms with van der Waals surface area (Å²) in [4.78, 5) is 14.0. The Morgan fingerprint density at radius 2 is 2.00 bits per heavy atom. The third-order valence-electron chi connectivity index (χ3n) is 3.92. The Morgan fingerprint density at radius 3 is 2.67 bits per heavy atom. The molecular weight excluding hydrogens is 304 g/mol. The molecule has 0 spiro atoms. The Bertz CT molecular complexity index is 566. The van der Waals surface area contributed by atoms with Gasteiger partial charge in [-0.05, 0) is 43.4 Å². The molecule has 5 heteroatoms. The second-order valence-electron chi connectivity index (χ2n) is 7.63. The van der Waals surface area contributed by atoms with Crippen molar-refractivity contribution in [2.45, 2.75) is 52.9 Å². The first kappa shape index (κ1) is 18.7. The van der Waals surface area contributed by atoms with Crippen LogP contribution in [-0.4, -0.2) is 36.9 Å². The smallest absolute Gasteiger partial charge is 0.410 e. The Morgan fingerprint density at radius 1 is 1.29 bits per heavy atom. The van der Waals surface area contributed by atoms with Crippen molar-refractivity contribution in [3.63, 3.8) is 0 Å². The molecule has 0 saturated heterocycles. The van der Waals surface area contributed by atoms with Crippen LogP contribution in [-0.2, 0) is 29.1 Å². The lowest BCUT2D eigenvalue weighted by Crippen LogP contribution is -2.33. The number of ether oxygens (including phenoxy) is 2. The van der Waals surface area contributed by atoms with Gasteiger partial charge in [0.15, 0.2) is 0 Å². The Hall–Kier alpha value is -1.59. The molecular formula is C19H30N2O3. The topological polar surface area (TPSA) is 50.8 Å². The largest absolute Gasteiger partial charge is 0.444 e. The van der Waals surface area contributed by atoms with E-state index < -0.39 is 5.60 Å². The van der Waals surface area contributed by atoms with Gasteiger partial charge in [0.05, 0.1) is 0 Å². The maximum Gasteiger partial charge on any atom is 0.410 e. The van der Waals surface area contributed by atoms with E-state index in [2.05, 4.69) is 30.4 Å². The minimum absolute atomic E-state index is 0.244. The van der Waals surface area contributed by atoms with E-state index in [9.17, 15) is 4.79 Å². The summed E-state index contributed by atoms with van der Waals surface area (Å²) in [5.41, 5.74) is 3.20. The van der Waals surface area contributed by atoms with Gasteiger partial charge in [-0.3, -0.25) is 4.90 Å². The summed E-state index contributed by atoms with van der Waals surface area (Å²) in [5.74, 6) is 0.493. The molecule has 134 valence electrons. The molecule has 0 fully saturated rings. The lowest BCUT2D eigenvalue weighted by atomic mass is 10.1. The zero-order valence-electron chi connectivity index (χ0n) is 15.5. The molecule has 1 aromatic rings. The molecule has 0 aliphatic carbocycles. The van der Waals surface area contributed by atoms with E-state index in [1.54, 1.807) is 12.0 Å². The maximum atomic E-state index is 12.2. The van der Waals surface area contributed by atoms with E-state index in [4.69, 9.17) is 9.47 Å². The number of carbonyl (C=O) groups is 1. The second kappa shape index (κ2) is 7.99. The molecule has 24 heavy (non-hydrogen) atoms. The van der Waals surface area contributed by atoms with Gasteiger partial charge in [-0.1, -0.05) is 25.1 Å². The van der Waals surface area contributed by atoms with Crippen molar-refractivity contribution in [2.24, 2.45) is 5.92 Å². The van der Waals surface area contributed by atoms with Crippen molar-refractivity contribution in [2.75, 3.05) is 20.3 Å². The van der Waals surface area contributed by atoms with Crippen molar-refractivity contribution >= 4 is 6.09 Å². The van der Waals surface area contributed by atoms with Crippen LogP contribution in [0.25, 0.3) is 0 Å². The van der Waals surface area contributed by atoms with Crippen LogP contribution in [0.4, 0.5) is 4.79 Å². The van der Waals surface area contributed by atoms with Crippen LogP contribution < -0.4 is 5.32 Å². The van der Waals surface area contributed by atoms with E-state index >= 15 is 0 Å². The van der Waals surface area contributed by atoms with Crippen LogP contribution in [0.3, 0.4) is 0 Å². The first-order valence-electron chi connectivity index (χ1n) is 8.57. The van der Waals surface area contributed by atoms with E-state index in [0.717, 1.165) is 19.7 Å². The number of benzene rings is 1. The third kappa shape index (κ3) is 5.49. The number of methoxy groups -OCH3 is 1. The maximum absolute atomic E-state index is 12.2. The minimum atomic E-state index is -0.458. The second-order valence-corrected chi connectivity index (χ2v) is 7.63. The van der Waals surface area contributed by atoms with Crippen LogP contribution in [0.1, 0.15) is 44.4 Å². The molecule has 1 aliphatic rings.